The predicted molar refractivity (Wildman–Crippen MR) is 103 cm³/mol. The minimum Gasteiger partial charge on any atom is -0.466 e. The van der Waals surface area contributed by atoms with Gasteiger partial charge in [0.25, 0.3) is 0 Å². The van der Waals surface area contributed by atoms with Gasteiger partial charge in [0, 0.05) is 0 Å². The lowest BCUT2D eigenvalue weighted by atomic mass is 9.94. The number of amides is 1. The molecule has 4 nitrogen and oxygen atoms in total. The van der Waals surface area contributed by atoms with Crippen molar-refractivity contribution in [3.8, 4) is 0 Å². The van der Waals surface area contributed by atoms with E-state index >= 15 is 0 Å². The number of nitrogens with one attached hydrogen (secondary N) is 1. The average Bonchev–Trinajstić information content (AvgIpc) is 2.63. The summed E-state index contributed by atoms with van der Waals surface area (Å²) in [5.41, 5.74) is 3.01. The van der Waals surface area contributed by atoms with Crippen LogP contribution in [0.15, 0.2) is 54.6 Å². The summed E-state index contributed by atoms with van der Waals surface area (Å²) in [6, 6.07) is 17.2. The Balaban J connectivity index is 2.20. The second-order valence-corrected chi connectivity index (χ2v) is 6.35. The zero-order valence-electron chi connectivity index (χ0n) is 15.7. The molecule has 2 aromatic carbocycles. The molecule has 0 aliphatic rings. The first-order valence-corrected chi connectivity index (χ1v) is 9.12. The van der Waals surface area contributed by atoms with Crippen molar-refractivity contribution in [1.82, 2.24) is 5.32 Å². The molecule has 0 unspecified atom stereocenters. The molecule has 2 aromatic rings. The summed E-state index contributed by atoms with van der Waals surface area (Å²) in [5.74, 6) is -0.633. The smallest absolute Gasteiger partial charge is 0.308 e. The normalized spacial score (nSPS) is 12.9. The number of ether oxygens (including phenoxy) is 1. The first kappa shape index (κ1) is 19.7. The van der Waals surface area contributed by atoms with Crippen LogP contribution in [0.3, 0.4) is 0 Å². The molecular weight excluding hydrogens is 326 g/mol. The molecule has 0 spiro atoms. The van der Waals surface area contributed by atoms with E-state index in [1.54, 1.807) is 6.92 Å². The highest BCUT2D eigenvalue weighted by molar-refractivity contribution is 5.84. The fourth-order valence-corrected chi connectivity index (χ4v) is 2.97. The zero-order chi connectivity index (χ0) is 18.9. The molecule has 0 fully saturated rings. The van der Waals surface area contributed by atoms with E-state index in [-0.39, 0.29) is 24.2 Å². The largest absolute Gasteiger partial charge is 0.466 e. The van der Waals surface area contributed by atoms with Gasteiger partial charge < -0.3 is 10.1 Å². The number of hydrogen-bond donors (Lipinski definition) is 1. The second kappa shape index (κ2) is 9.76. The molecule has 2 rings (SSSR count). The molecule has 1 N–H and O–H groups in total. The van der Waals surface area contributed by atoms with Crippen LogP contribution < -0.4 is 5.32 Å². The Labute approximate surface area is 155 Å². The van der Waals surface area contributed by atoms with E-state index in [9.17, 15) is 9.59 Å². The first-order chi connectivity index (χ1) is 12.5. The Kier molecular flexibility index (Phi) is 7.39. The van der Waals surface area contributed by atoms with Crippen molar-refractivity contribution in [3.05, 3.63) is 71.3 Å². The van der Waals surface area contributed by atoms with E-state index in [2.05, 4.69) is 5.32 Å². The summed E-state index contributed by atoms with van der Waals surface area (Å²) in [4.78, 5) is 24.9. The molecule has 0 aliphatic heterocycles. The number of benzene rings is 2. The quantitative estimate of drug-likeness (QED) is 0.720. The van der Waals surface area contributed by atoms with Crippen LogP contribution in [0, 0.1) is 6.92 Å². The molecule has 26 heavy (non-hydrogen) atoms. The molecule has 0 aromatic heterocycles. The lowest BCUT2D eigenvalue weighted by Crippen LogP contribution is -2.34. The standard InChI is InChI=1S/C22H27NO3/c1-4-19(17-9-7-6-8-10-17)22(25)23-20(15-21(24)26-5-2)18-13-11-16(3)12-14-18/h6-14,19-20H,4-5,15H2,1-3H3,(H,23,25)/t19-,20+/m0/s1. The van der Waals surface area contributed by atoms with Crippen molar-refractivity contribution in [3.63, 3.8) is 0 Å². The van der Waals surface area contributed by atoms with E-state index in [0.29, 0.717) is 13.0 Å². The molecular formula is C22H27NO3. The molecule has 0 bridgehead atoms. The Morgan fingerprint density at radius 3 is 2.19 bits per heavy atom. The third-order valence-corrected chi connectivity index (χ3v) is 4.40. The van der Waals surface area contributed by atoms with E-state index < -0.39 is 6.04 Å². The fraction of sp³-hybridized carbons (Fsp3) is 0.364. The predicted octanol–water partition coefficient (Wildman–Crippen LogP) is 4.30. The molecule has 138 valence electrons. The van der Waals surface area contributed by atoms with Crippen LogP contribution >= 0.6 is 0 Å². The van der Waals surface area contributed by atoms with Crippen molar-refractivity contribution < 1.29 is 14.3 Å². The summed E-state index contributed by atoms with van der Waals surface area (Å²) < 4.78 is 5.08. The number of hydrogen-bond acceptors (Lipinski definition) is 3. The van der Waals surface area contributed by atoms with E-state index in [0.717, 1.165) is 16.7 Å². The van der Waals surface area contributed by atoms with Gasteiger partial charge in [0.1, 0.15) is 0 Å². The highest BCUT2D eigenvalue weighted by Gasteiger charge is 2.24. The van der Waals surface area contributed by atoms with Gasteiger partial charge in [-0.2, -0.15) is 0 Å². The van der Waals surface area contributed by atoms with Crippen LogP contribution in [0.1, 0.15) is 55.3 Å². The lowest BCUT2D eigenvalue weighted by Gasteiger charge is -2.22. The topological polar surface area (TPSA) is 55.4 Å². The van der Waals surface area contributed by atoms with Gasteiger partial charge in [-0.05, 0) is 31.4 Å². The minimum absolute atomic E-state index is 0.0754. The van der Waals surface area contributed by atoms with Crippen LogP contribution in [0.25, 0.3) is 0 Å². The van der Waals surface area contributed by atoms with Gasteiger partial charge in [0.05, 0.1) is 25.0 Å². The maximum absolute atomic E-state index is 12.9. The van der Waals surface area contributed by atoms with Crippen molar-refractivity contribution in [2.75, 3.05) is 6.61 Å². The van der Waals surface area contributed by atoms with Crippen LogP contribution in [-0.2, 0) is 14.3 Å². The van der Waals surface area contributed by atoms with E-state index in [4.69, 9.17) is 4.74 Å². The molecule has 2 atom stereocenters. The molecule has 0 saturated carbocycles. The van der Waals surface area contributed by atoms with Crippen molar-refractivity contribution in [2.24, 2.45) is 0 Å². The van der Waals surface area contributed by atoms with Gasteiger partial charge >= 0.3 is 5.97 Å². The second-order valence-electron chi connectivity index (χ2n) is 6.35. The summed E-state index contributed by atoms with van der Waals surface area (Å²) in [6.45, 7) is 6.10. The van der Waals surface area contributed by atoms with Crippen molar-refractivity contribution in [2.45, 2.75) is 45.6 Å². The summed E-state index contributed by atoms with van der Waals surface area (Å²) >= 11 is 0. The summed E-state index contributed by atoms with van der Waals surface area (Å²) in [7, 11) is 0. The Morgan fingerprint density at radius 1 is 0.962 bits per heavy atom. The number of rotatable bonds is 8. The van der Waals surface area contributed by atoms with Gasteiger partial charge in [-0.1, -0.05) is 67.1 Å². The van der Waals surface area contributed by atoms with Gasteiger partial charge in [0.15, 0.2) is 0 Å². The number of carbonyl (C=O) groups is 2. The Morgan fingerprint density at radius 2 is 1.62 bits per heavy atom. The zero-order valence-corrected chi connectivity index (χ0v) is 15.7. The van der Waals surface area contributed by atoms with Gasteiger partial charge in [-0.25, -0.2) is 0 Å². The summed E-state index contributed by atoms with van der Waals surface area (Å²) in [6.07, 6.45) is 0.809. The molecule has 0 radical (unpaired) electrons. The van der Waals surface area contributed by atoms with Crippen LogP contribution in [0.2, 0.25) is 0 Å². The Hall–Kier alpha value is -2.62. The maximum Gasteiger partial charge on any atom is 0.308 e. The number of carbonyl (C=O) groups excluding carboxylic acids is 2. The molecule has 0 heterocycles. The van der Waals surface area contributed by atoms with E-state index in [1.165, 1.54) is 0 Å². The number of aryl methyl sites for hydroxylation is 1. The third kappa shape index (κ3) is 5.45. The lowest BCUT2D eigenvalue weighted by molar-refractivity contribution is -0.143. The first-order valence-electron chi connectivity index (χ1n) is 9.12. The molecule has 0 aliphatic carbocycles. The van der Waals surface area contributed by atoms with Crippen LogP contribution in [-0.4, -0.2) is 18.5 Å². The third-order valence-electron chi connectivity index (χ3n) is 4.40. The average molecular weight is 353 g/mol. The van der Waals surface area contributed by atoms with Crippen molar-refractivity contribution in [1.29, 1.82) is 0 Å². The fourth-order valence-electron chi connectivity index (χ4n) is 2.97. The number of esters is 1. The van der Waals surface area contributed by atoms with E-state index in [1.807, 2.05) is 68.4 Å². The maximum atomic E-state index is 12.9. The highest BCUT2D eigenvalue weighted by Crippen LogP contribution is 2.23. The van der Waals surface area contributed by atoms with Crippen LogP contribution in [0.4, 0.5) is 0 Å². The summed E-state index contributed by atoms with van der Waals surface area (Å²) in [5, 5.41) is 3.05. The molecule has 4 heteroatoms. The molecule has 0 saturated heterocycles. The van der Waals surface area contributed by atoms with Gasteiger partial charge in [-0.15, -0.1) is 0 Å². The van der Waals surface area contributed by atoms with Crippen LogP contribution in [0.5, 0.6) is 0 Å². The highest BCUT2D eigenvalue weighted by atomic mass is 16.5. The Bertz CT molecular complexity index is 710. The van der Waals surface area contributed by atoms with Gasteiger partial charge in [0.2, 0.25) is 5.91 Å². The SMILES string of the molecule is CCOC(=O)C[C@@H](NC(=O)[C@@H](CC)c1ccccc1)c1ccc(C)cc1. The monoisotopic (exact) mass is 353 g/mol. The molecule has 1 amide bonds. The minimum atomic E-state index is -0.403. The van der Waals surface area contributed by atoms with Gasteiger partial charge in [-0.3, -0.25) is 9.59 Å². The van der Waals surface area contributed by atoms with Crippen molar-refractivity contribution >= 4 is 11.9 Å².